The summed E-state index contributed by atoms with van der Waals surface area (Å²) < 4.78 is 32.0. The van der Waals surface area contributed by atoms with Gasteiger partial charge in [-0.15, -0.1) is 0 Å². The number of hydrogen-bond acceptors (Lipinski definition) is 7. The van der Waals surface area contributed by atoms with Crippen LogP contribution >= 0.6 is 0 Å². The van der Waals surface area contributed by atoms with Gasteiger partial charge in [0.05, 0.1) is 23.4 Å². The van der Waals surface area contributed by atoms with Crippen molar-refractivity contribution < 1.29 is 13.2 Å². The van der Waals surface area contributed by atoms with E-state index in [1.54, 1.807) is 12.1 Å². The topological polar surface area (TPSA) is 119 Å². The summed E-state index contributed by atoms with van der Waals surface area (Å²) >= 11 is 0. The van der Waals surface area contributed by atoms with E-state index in [9.17, 15) is 8.42 Å². The lowest BCUT2D eigenvalue weighted by atomic mass is 10.4. The van der Waals surface area contributed by atoms with Gasteiger partial charge in [0, 0.05) is 18.3 Å². The number of rotatable bonds is 6. The maximum absolute atomic E-state index is 12.2. The van der Waals surface area contributed by atoms with Gasteiger partial charge in [-0.05, 0) is 19.1 Å². The first-order valence-electron chi connectivity index (χ1n) is 6.09. The van der Waals surface area contributed by atoms with Crippen LogP contribution in [0.1, 0.15) is 6.92 Å². The third-order valence-electron chi connectivity index (χ3n) is 2.47. The molecule has 0 spiro atoms. The molecular weight excluding hydrogens is 294 g/mol. The summed E-state index contributed by atoms with van der Waals surface area (Å²) in [6.45, 7) is 2.33. The Morgan fingerprint density at radius 3 is 2.71 bits per heavy atom. The number of ether oxygens (including phenoxy) is 1. The Balaban J connectivity index is 2.20. The Bertz CT molecular complexity index is 703. The number of nitrogens with two attached hydrogens (primary N) is 1. The molecule has 4 N–H and O–H groups in total. The van der Waals surface area contributed by atoms with E-state index < -0.39 is 10.0 Å². The SMILES string of the molecule is CCOc1ccc(NS(=O)(=O)c2ccnc(NN)c2)cn1. The summed E-state index contributed by atoms with van der Waals surface area (Å²) in [7, 11) is -3.74. The highest BCUT2D eigenvalue weighted by Gasteiger charge is 2.15. The van der Waals surface area contributed by atoms with Gasteiger partial charge in [0.2, 0.25) is 5.88 Å². The average Bonchev–Trinajstić information content (AvgIpc) is 2.49. The molecule has 21 heavy (non-hydrogen) atoms. The predicted octanol–water partition coefficient (Wildman–Crippen LogP) is 0.962. The second-order valence-electron chi connectivity index (χ2n) is 3.94. The van der Waals surface area contributed by atoms with Crippen molar-refractivity contribution in [3.05, 3.63) is 36.7 Å². The highest BCUT2D eigenvalue weighted by Crippen LogP contribution is 2.18. The quantitative estimate of drug-likeness (QED) is 0.537. The Hall–Kier alpha value is -2.39. The monoisotopic (exact) mass is 309 g/mol. The van der Waals surface area contributed by atoms with Crippen LogP contribution in [0.2, 0.25) is 0 Å². The molecule has 2 aromatic rings. The largest absolute Gasteiger partial charge is 0.478 e. The number of sulfonamides is 1. The van der Waals surface area contributed by atoms with Gasteiger partial charge in [0.25, 0.3) is 10.0 Å². The molecule has 2 aromatic heterocycles. The van der Waals surface area contributed by atoms with Crippen molar-refractivity contribution >= 4 is 21.5 Å². The van der Waals surface area contributed by atoms with Crippen molar-refractivity contribution in [1.82, 2.24) is 9.97 Å². The second kappa shape index (κ2) is 6.37. The number of pyridine rings is 2. The Morgan fingerprint density at radius 2 is 2.10 bits per heavy atom. The summed E-state index contributed by atoms with van der Waals surface area (Å²) in [5.41, 5.74) is 2.62. The number of nitrogens with one attached hydrogen (secondary N) is 2. The molecule has 9 heteroatoms. The van der Waals surface area contributed by atoms with Crippen LogP contribution in [0.4, 0.5) is 11.5 Å². The van der Waals surface area contributed by atoms with E-state index in [2.05, 4.69) is 20.1 Å². The molecular formula is C12H15N5O3S. The second-order valence-corrected chi connectivity index (χ2v) is 5.63. The van der Waals surface area contributed by atoms with E-state index in [0.717, 1.165) is 0 Å². The Kier molecular flexibility index (Phi) is 4.55. The maximum Gasteiger partial charge on any atom is 0.262 e. The molecule has 0 aliphatic rings. The summed E-state index contributed by atoms with van der Waals surface area (Å²) in [5.74, 6) is 5.89. The molecule has 0 saturated heterocycles. The lowest BCUT2D eigenvalue weighted by Crippen LogP contribution is -2.15. The van der Waals surface area contributed by atoms with Gasteiger partial charge in [-0.1, -0.05) is 0 Å². The van der Waals surface area contributed by atoms with Gasteiger partial charge in [0.15, 0.2) is 0 Å². The normalized spacial score (nSPS) is 11.0. The summed E-state index contributed by atoms with van der Waals surface area (Å²) in [6.07, 6.45) is 2.73. The van der Waals surface area contributed by atoms with Crippen molar-refractivity contribution in [1.29, 1.82) is 0 Å². The highest BCUT2D eigenvalue weighted by atomic mass is 32.2. The van der Waals surface area contributed by atoms with Gasteiger partial charge in [-0.3, -0.25) is 4.72 Å². The first kappa shape index (κ1) is 15.0. The van der Waals surface area contributed by atoms with E-state index in [0.29, 0.717) is 18.2 Å². The van der Waals surface area contributed by atoms with Crippen molar-refractivity contribution in [2.45, 2.75) is 11.8 Å². The molecule has 2 heterocycles. The van der Waals surface area contributed by atoms with Crippen LogP contribution in [-0.2, 0) is 10.0 Å². The minimum atomic E-state index is -3.74. The van der Waals surface area contributed by atoms with Crippen LogP contribution in [0.25, 0.3) is 0 Å². The third kappa shape index (κ3) is 3.80. The van der Waals surface area contributed by atoms with Gasteiger partial charge in [0.1, 0.15) is 5.82 Å². The first-order valence-corrected chi connectivity index (χ1v) is 7.58. The molecule has 0 aliphatic carbocycles. The van der Waals surface area contributed by atoms with Crippen LogP contribution in [0.3, 0.4) is 0 Å². The molecule has 2 rings (SSSR count). The molecule has 0 amide bonds. The van der Waals surface area contributed by atoms with Crippen LogP contribution in [0, 0.1) is 0 Å². The predicted molar refractivity (Wildman–Crippen MR) is 78.3 cm³/mol. The van der Waals surface area contributed by atoms with Crippen molar-refractivity contribution in [3.8, 4) is 5.88 Å². The molecule has 0 aliphatic heterocycles. The van der Waals surface area contributed by atoms with Crippen LogP contribution in [-0.4, -0.2) is 25.0 Å². The molecule has 0 bridgehead atoms. The van der Waals surface area contributed by atoms with Crippen molar-refractivity contribution in [2.75, 3.05) is 16.8 Å². The molecule has 0 radical (unpaired) electrons. The zero-order chi connectivity index (χ0) is 15.3. The molecule has 0 saturated carbocycles. The Labute approximate surface area is 122 Å². The van der Waals surface area contributed by atoms with Crippen LogP contribution < -0.4 is 20.7 Å². The number of nitrogen functional groups attached to an aromatic ring is 1. The van der Waals surface area contributed by atoms with Gasteiger partial charge in [-0.2, -0.15) is 0 Å². The molecule has 8 nitrogen and oxygen atoms in total. The van der Waals surface area contributed by atoms with Crippen LogP contribution in [0.15, 0.2) is 41.6 Å². The summed E-state index contributed by atoms with van der Waals surface area (Å²) in [4.78, 5) is 7.88. The summed E-state index contributed by atoms with van der Waals surface area (Å²) in [5, 5.41) is 0. The lowest BCUT2D eigenvalue weighted by molar-refractivity contribution is 0.327. The molecule has 0 atom stereocenters. The third-order valence-corrected chi connectivity index (χ3v) is 3.85. The van der Waals surface area contributed by atoms with Gasteiger partial charge in [-0.25, -0.2) is 24.2 Å². The number of hydrogen-bond donors (Lipinski definition) is 3. The fraction of sp³-hybridized carbons (Fsp3) is 0.167. The fourth-order valence-corrected chi connectivity index (χ4v) is 2.60. The average molecular weight is 309 g/mol. The van der Waals surface area contributed by atoms with E-state index in [1.165, 1.54) is 24.5 Å². The Morgan fingerprint density at radius 1 is 1.29 bits per heavy atom. The maximum atomic E-state index is 12.2. The van der Waals surface area contributed by atoms with Gasteiger partial charge < -0.3 is 10.2 Å². The highest BCUT2D eigenvalue weighted by molar-refractivity contribution is 7.92. The lowest BCUT2D eigenvalue weighted by Gasteiger charge is -2.09. The number of nitrogens with zero attached hydrogens (tertiary/aromatic N) is 2. The molecule has 0 fully saturated rings. The van der Waals surface area contributed by atoms with Crippen LogP contribution in [0.5, 0.6) is 5.88 Å². The minimum Gasteiger partial charge on any atom is -0.478 e. The number of hydrazine groups is 1. The fourth-order valence-electron chi connectivity index (χ4n) is 1.55. The zero-order valence-corrected chi connectivity index (χ0v) is 12.1. The smallest absolute Gasteiger partial charge is 0.262 e. The minimum absolute atomic E-state index is 0.0411. The van der Waals surface area contributed by atoms with E-state index in [1.807, 2.05) is 6.92 Å². The van der Waals surface area contributed by atoms with Crippen molar-refractivity contribution in [2.24, 2.45) is 5.84 Å². The molecule has 0 aromatic carbocycles. The summed E-state index contributed by atoms with van der Waals surface area (Å²) in [6, 6.07) is 5.84. The molecule has 0 unspecified atom stereocenters. The zero-order valence-electron chi connectivity index (χ0n) is 11.3. The van der Waals surface area contributed by atoms with Crippen molar-refractivity contribution in [3.63, 3.8) is 0 Å². The first-order chi connectivity index (χ1) is 10.0. The van der Waals surface area contributed by atoms with Gasteiger partial charge >= 0.3 is 0 Å². The van der Waals surface area contributed by atoms with E-state index in [4.69, 9.17) is 10.6 Å². The molecule has 112 valence electrons. The number of aromatic nitrogens is 2. The van der Waals surface area contributed by atoms with E-state index >= 15 is 0 Å². The van der Waals surface area contributed by atoms with E-state index in [-0.39, 0.29) is 10.7 Å². The number of anilines is 2. The standard InChI is InChI=1S/C12H15N5O3S/c1-2-20-12-4-3-9(8-15-12)17-21(18,19)10-5-6-14-11(7-10)16-13/h3-8,17H,2,13H2,1H3,(H,14,16).